The molecule has 1 fully saturated rings. The van der Waals surface area contributed by atoms with E-state index in [4.69, 9.17) is 4.99 Å². The minimum atomic E-state index is 0.174. The molecule has 1 saturated heterocycles. The fraction of sp³-hybridized carbons (Fsp3) is 0.667. The molecule has 1 aliphatic heterocycles. The SMILES string of the molecule is CCNC(=NCCC(C)N(C)Cc1ccccc1)NC1CCN(CC(=O)N(C)C)CC1. The maximum Gasteiger partial charge on any atom is 0.236 e. The molecule has 1 heterocycles. The molecule has 1 unspecified atom stereocenters. The predicted molar refractivity (Wildman–Crippen MR) is 129 cm³/mol. The van der Waals surface area contributed by atoms with Crippen LogP contribution in [-0.4, -0.2) is 92.5 Å². The number of rotatable bonds is 10. The number of likely N-dealkylation sites (N-methyl/N-ethyl adjacent to an activating group) is 1. The van der Waals surface area contributed by atoms with Gasteiger partial charge < -0.3 is 15.5 Å². The number of carbonyl (C=O) groups excluding carboxylic acids is 1. The molecule has 174 valence electrons. The fourth-order valence-corrected chi connectivity index (χ4v) is 3.69. The number of aliphatic imine (C=N–C) groups is 1. The number of carbonyl (C=O) groups is 1. The molecule has 1 aromatic carbocycles. The largest absolute Gasteiger partial charge is 0.357 e. The molecule has 0 saturated carbocycles. The topological polar surface area (TPSA) is 63.2 Å². The molecule has 31 heavy (non-hydrogen) atoms. The lowest BCUT2D eigenvalue weighted by Gasteiger charge is -2.33. The Morgan fingerprint density at radius 3 is 2.48 bits per heavy atom. The van der Waals surface area contributed by atoms with Gasteiger partial charge in [0.15, 0.2) is 5.96 Å². The van der Waals surface area contributed by atoms with Gasteiger partial charge in [-0.05, 0) is 45.7 Å². The number of guanidine groups is 1. The van der Waals surface area contributed by atoms with Gasteiger partial charge in [-0.1, -0.05) is 30.3 Å². The molecule has 7 nitrogen and oxygen atoms in total. The van der Waals surface area contributed by atoms with Gasteiger partial charge in [-0.2, -0.15) is 0 Å². The van der Waals surface area contributed by atoms with Crippen molar-refractivity contribution in [2.75, 3.05) is 53.9 Å². The molecule has 0 aliphatic carbocycles. The van der Waals surface area contributed by atoms with Crippen LogP contribution in [-0.2, 0) is 11.3 Å². The number of piperidine rings is 1. The van der Waals surface area contributed by atoms with E-state index in [-0.39, 0.29) is 5.91 Å². The zero-order chi connectivity index (χ0) is 22.6. The highest BCUT2D eigenvalue weighted by Crippen LogP contribution is 2.11. The van der Waals surface area contributed by atoms with Crippen LogP contribution >= 0.6 is 0 Å². The summed E-state index contributed by atoms with van der Waals surface area (Å²) in [6.45, 7) is 9.38. The first-order valence-electron chi connectivity index (χ1n) is 11.6. The molecule has 0 bridgehead atoms. The first-order chi connectivity index (χ1) is 14.9. The highest BCUT2D eigenvalue weighted by atomic mass is 16.2. The molecule has 1 amide bonds. The summed E-state index contributed by atoms with van der Waals surface area (Å²) in [6, 6.07) is 11.5. The lowest BCUT2D eigenvalue weighted by Crippen LogP contribution is -2.50. The van der Waals surface area contributed by atoms with Gasteiger partial charge in [0.25, 0.3) is 0 Å². The minimum Gasteiger partial charge on any atom is -0.357 e. The fourth-order valence-electron chi connectivity index (χ4n) is 3.69. The first kappa shape index (κ1) is 25.1. The Morgan fingerprint density at radius 1 is 1.19 bits per heavy atom. The van der Waals surface area contributed by atoms with Crippen LogP contribution in [0.2, 0.25) is 0 Å². The molecular formula is C24H42N6O. The Labute approximate surface area is 188 Å². The lowest BCUT2D eigenvalue weighted by atomic mass is 10.1. The Kier molecular flexibility index (Phi) is 10.8. The van der Waals surface area contributed by atoms with Crippen LogP contribution in [0.5, 0.6) is 0 Å². The molecule has 1 aromatic rings. The number of hydrogen-bond donors (Lipinski definition) is 2. The van der Waals surface area contributed by atoms with E-state index in [9.17, 15) is 4.79 Å². The average molecular weight is 431 g/mol. The summed E-state index contributed by atoms with van der Waals surface area (Å²) < 4.78 is 0. The van der Waals surface area contributed by atoms with E-state index < -0.39 is 0 Å². The number of nitrogens with one attached hydrogen (secondary N) is 2. The third-order valence-electron chi connectivity index (χ3n) is 5.97. The zero-order valence-corrected chi connectivity index (χ0v) is 20.1. The molecule has 2 N–H and O–H groups in total. The highest BCUT2D eigenvalue weighted by Gasteiger charge is 2.22. The molecule has 0 aromatic heterocycles. The van der Waals surface area contributed by atoms with E-state index in [1.54, 1.807) is 4.90 Å². The quantitative estimate of drug-likeness (QED) is 0.439. The summed E-state index contributed by atoms with van der Waals surface area (Å²) in [5.41, 5.74) is 1.34. The monoisotopic (exact) mass is 430 g/mol. The Balaban J connectivity index is 1.75. The van der Waals surface area contributed by atoms with Gasteiger partial charge in [-0.3, -0.25) is 19.6 Å². The zero-order valence-electron chi connectivity index (χ0n) is 20.1. The third kappa shape index (κ3) is 9.27. The normalized spacial score (nSPS) is 16.9. The first-order valence-corrected chi connectivity index (χ1v) is 11.6. The van der Waals surface area contributed by atoms with Crippen molar-refractivity contribution in [3.8, 4) is 0 Å². The molecule has 0 spiro atoms. The van der Waals surface area contributed by atoms with E-state index in [0.29, 0.717) is 18.6 Å². The van der Waals surface area contributed by atoms with E-state index >= 15 is 0 Å². The van der Waals surface area contributed by atoms with Gasteiger partial charge in [0.2, 0.25) is 5.91 Å². The molecular weight excluding hydrogens is 388 g/mol. The second kappa shape index (κ2) is 13.3. The van der Waals surface area contributed by atoms with Crippen LogP contribution < -0.4 is 10.6 Å². The summed E-state index contributed by atoms with van der Waals surface area (Å²) in [5, 5.41) is 6.98. The van der Waals surface area contributed by atoms with Crippen LogP contribution in [0.4, 0.5) is 0 Å². The van der Waals surface area contributed by atoms with Crippen molar-refractivity contribution in [2.24, 2.45) is 4.99 Å². The summed E-state index contributed by atoms with van der Waals surface area (Å²) >= 11 is 0. The van der Waals surface area contributed by atoms with Crippen LogP contribution in [0.25, 0.3) is 0 Å². The summed E-state index contributed by atoms with van der Waals surface area (Å²) in [5.74, 6) is 1.08. The van der Waals surface area contributed by atoms with E-state index in [1.165, 1.54) is 5.56 Å². The number of benzene rings is 1. The standard InChI is InChI=1S/C24H42N6O/c1-6-25-24(27-22-13-16-30(17-14-22)19-23(31)28(3)4)26-15-12-20(2)29(5)18-21-10-8-7-9-11-21/h7-11,20,22H,6,12-19H2,1-5H3,(H2,25,26,27). The molecule has 0 radical (unpaired) electrons. The Morgan fingerprint density at radius 2 is 1.87 bits per heavy atom. The van der Waals surface area contributed by atoms with Gasteiger partial charge in [-0.25, -0.2) is 0 Å². The van der Waals surface area contributed by atoms with Gasteiger partial charge in [0.05, 0.1) is 6.54 Å². The molecule has 1 atom stereocenters. The average Bonchev–Trinajstić information content (AvgIpc) is 2.75. The van der Waals surface area contributed by atoms with Gasteiger partial charge in [-0.15, -0.1) is 0 Å². The number of nitrogens with zero attached hydrogens (tertiary/aromatic N) is 4. The van der Waals surface area contributed by atoms with Crippen LogP contribution in [0.3, 0.4) is 0 Å². The molecule has 2 rings (SSSR count). The molecule has 7 heteroatoms. The van der Waals surface area contributed by atoms with E-state index in [1.807, 2.05) is 14.1 Å². The van der Waals surface area contributed by atoms with Gasteiger partial charge in [0, 0.05) is 58.9 Å². The summed E-state index contributed by atoms with van der Waals surface area (Å²) in [6.07, 6.45) is 3.08. The maximum absolute atomic E-state index is 11.9. The molecule has 1 aliphatic rings. The van der Waals surface area contributed by atoms with Crippen molar-refractivity contribution in [1.82, 2.24) is 25.3 Å². The maximum atomic E-state index is 11.9. The van der Waals surface area contributed by atoms with Crippen molar-refractivity contribution < 1.29 is 4.79 Å². The van der Waals surface area contributed by atoms with E-state index in [2.05, 4.69) is 71.7 Å². The van der Waals surface area contributed by atoms with Crippen molar-refractivity contribution in [2.45, 2.75) is 51.7 Å². The Bertz CT molecular complexity index is 670. The van der Waals surface area contributed by atoms with Crippen molar-refractivity contribution in [3.63, 3.8) is 0 Å². The second-order valence-corrected chi connectivity index (χ2v) is 8.78. The van der Waals surface area contributed by atoms with Crippen LogP contribution in [0, 0.1) is 0 Å². The van der Waals surface area contributed by atoms with E-state index in [0.717, 1.165) is 57.9 Å². The van der Waals surface area contributed by atoms with Crippen molar-refractivity contribution in [1.29, 1.82) is 0 Å². The summed E-state index contributed by atoms with van der Waals surface area (Å²) in [7, 11) is 5.81. The Hall–Kier alpha value is -2.12. The van der Waals surface area contributed by atoms with Crippen molar-refractivity contribution in [3.05, 3.63) is 35.9 Å². The summed E-state index contributed by atoms with van der Waals surface area (Å²) in [4.78, 5) is 23.0. The van der Waals surface area contributed by atoms with Crippen LogP contribution in [0.1, 0.15) is 38.7 Å². The number of hydrogen-bond acceptors (Lipinski definition) is 4. The van der Waals surface area contributed by atoms with Gasteiger partial charge in [0.1, 0.15) is 0 Å². The predicted octanol–water partition coefficient (Wildman–Crippen LogP) is 2.00. The third-order valence-corrected chi connectivity index (χ3v) is 5.97. The number of amides is 1. The van der Waals surface area contributed by atoms with Gasteiger partial charge >= 0.3 is 0 Å². The smallest absolute Gasteiger partial charge is 0.236 e. The number of likely N-dealkylation sites (tertiary alicyclic amines) is 1. The second-order valence-electron chi connectivity index (χ2n) is 8.78. The lowest BCUT2D eigenvalue weighted by molar-refractivity contribution is -0.130. The highest BCUT2D eigenvalue weighted by molar-refractivity contribution is 5.80. The van der Waals surface area contributed by atoms with Crippen molar-refractivity contribution >= 4 is 11.9 Å². The van der Waals surface area contributed by atoms with Crippen LogP contribution in [0.15, 0.2) is 35.3 Å². The minimum absolute atomic E-state index is 0.174.